The van der Waals surface area contributed by atoms with E-state index in [2.05, 4.69) is 20.5 Å². The first kappa shape index (κ1) is 14.2. The van der Waals surface area contributed by atoms with E-state index in [1.165, 1.54) is 18.1 Å². The Bertz CT molecular complexity index is 556. The van der Waals surface area contributed by atoms with Gasteiger partial charge in [-0.25, -0.2) is 4.98 Å². The van der Waals surface area contributed by atoms with Crippen LogP contribution >= 0.6 is 35.0 Å². The second kappa shape index (κ2) is 6.27. The van der Waals surface area contributed by atoms with Crippen LogP contribution in [-0.2, 0) is 4.79 Å². The highest BCUT2D eigenvalue weighted by Gasteiger charge is 2.16. The average molecular weight is 317 g/mol. The molecular formula is C11H10Cl2N4OS. The zero-order chi connectivity index (χ0) is 13.8. The minimum atomic E-state index is -0.328. The first-order valence-electron chi connectivity index (χ1n) is 5.33. The Morgan fingerprint density at radius 3 is 2.63 bits per heavy atom. The number of nitrogens with one attached hydrogen (secondary N) is 2. The predicted molar refractivity (Wildman–Crippen MR) is 76.8 cm³/mol. The zero-order valence-corrected chi connectivity index (χ0v) is 12.2. The summed E-state index contributed by atoms with van der Waals surface area (Å²) in [5.74, 6) is -0.167. The van der Waals surface area contributed by atoms with Crippen LogP contribution in [0.5, 0.6) is 0 Å². The molecule has 0 aliphatic rings. The largest absolute Gasteiger partial charge is 0.325 e. The number of benzene rings is 1. The number of anilines is 1. The lowest BCUT2D eigenvalue weighted by Gasteiger charge is -2.10. The van der Waals surface area contributed by atoms with Crippen molar-refractivity contribution < 1.29 is 4.79 Å². The number of carbonyl (C=O) groups excluding carboxylic acids is 1. The molecule has 2 aromatic rings. The number of aromatic nitrogens is 3. The molecule has 1 aromatic heterocycles. The number of hydrogen-bond acceptors (Lipinski definition) is 4. The lowest BCUT2D eigenvalue weighted by molar-refractivity contribution is -0.115. The van der Waals surface area contributed by atoms with Gasteiger partial charge in [0.25, 0.3) is 0 Å². The highest BCUT2D eigenvalue weighted by molar-refractivity contribution is 8.00. The maximum atomic E-state index is 12.0. The molecular weight excluding hydrogens is 307 g/mol. The quantitative estimate of drug-likeness (QED) is 0.849. The van der Waals surface area contributed by atoms with Gasteiger partial charge in [-0.05, 0) is 25.1 Å². The Hall–Kier alpha value is -1.24. The van der Waals surface area contributed by atoms with Gasteiger partial charge >= 0.3 is 0 Å². The number of rotatable bonds is 4. The fraction of sp³-hybridized carbons (Fsp3) is 0.182. The van der Waals surface area contributed by atoms with Crippen LogP contribution in [0.25, 0.3) is 0 Å². The van der Waals surface area contributed by atoms with E-state index in [-0.39, 0.29) is 11.2 Å². The number of nitrogens with zero attached hydrogens (tertiary/aromatic N) is 2. The fourth-order valence-corrected chi connectivity index (χ4v) is 2.58. The molecule has 0 aliphatic carbocycles. The minimum Gasteiger partial charge on any atom is -0.325 e. The molecule has 0 saturated carbocycles. The molecule has 100 valence electrons. The van der Waals surface area contributed by atoms with E-state index >= 15 is 0 Å². The summed E-state index contributed by atoms with van der Waals surface area (Å²) < 4.78 is 0. The van der Waals surface area contributed by atoms with Crippen molar-refractivity contribution in [2.24, 2.45) is 0 Å². The van der Waals surface area contributed by atoms with Gasteiger partial charge in [-0.3, -0.25) is 9.89 Å². The third-order valence-electron chi connectivity index (χ3n) is 2.18. The lowest BCUT2D eigenvalue weighted by atomic mass is 10.3. The first-order chi connectivity index (χ1) is 9.04. The highest BCUT2D eigenvalue weighted by Crippen LogP contribution is 2.24. The summed E-state index contributed by atoms with van der Waals surface area (Å²) in [4.78, 5) is 15.9. The number of amides is 1. The molecule has 0 aliphatic heterocycles. The number of H-pyrrole nitrogens is 1. The standard InChI is InChI=1S/C11H10Cl2N4OS/c1-6(19-11-14-5-15-17-11)10(18)16-9-3-7(12)2-8(13)4-9/h2-6H,1H3,(H,16,18)(H,14,15,17)/t6-/m0/s1. The number of aromatic amines is 1. The van der Waals surface area contributed by atoms with Crippen LogP contribution in [0.1, 0.15) is 6.92 Å². The van der Waals surface area contributed by atoms with Crippen molar-refractivity contribution >= 4 is 46.6 Å². The molecule has 2 rings (SSSR count). The summed E-state index contributed by atoms with van der Waals surface area (Å²) in [5, 5.41) is 10.4. The van der Waals surface area contributed by atoms with E-state index in [1.54, 1.807) is 25.1 Å². The van der Waals surface area contributed by atoms with Crippen molar-refractivity contribution in [3.63, 3.8) is 0 Å². The summed E-state index contributed by atoms with van der Waals surface area (Å²) in [6, 6.07) is 4.87. The van der Waals surface area contributed by atoms with Gasteiger partial charge in [0, 0.05) is 15.7 Å². The molecule has 0 saturated heterocycles. The Kier molecular flexibility index (Phi) is 4.68. The predicted octanol–water partition coefficient (Wildman–Crippen LogP) is 3.23. The summed E-state index contributed by atoms with van der Waals surface area (Å²) in [7, 11) is 0. The molecule has 1 amide bonds. The Morgan fingerprint density at radius 2 is 2.05 bits per heavy atom. The number of thioether (sulfide) groups is 1. The van der Waals surface area contributed by atoms with Gasteiger partial charge in [0.1, 0.15) is 6.33 Å². The fourth-order valence-electron chi connectivity index (χ4n) is 1.34. The second-order valence-corrected chi connectivity index (χ2v) is 5.90. The molecule has 19 heavy (non-hydrogen) atoms. The van der Waals surface area contributed by atoms with E-state index < -0.39 is 0 Å². The molecule has 1 heterocycles. The molecule has 0 unspecified atom stereocenters. The molecule has 0 bridgehead atoms. The summed E-state index contributed by atoms with van der Waals surface area (Å²) in [6.07, 6.45) is 1.39. The maximum absolute atomic E-state index is 12.0. The van der Waals surface area contributed by atoms with Crippen LogP contribution in [-0.4, -0.2) is 26.3 Å². The molecule has 0 fully saturated rings. The Morgan fingerprint density at radius 1 is 1.37 bits per heavy atom. The van der Waals surface area contributed by atoms with Gasteiger partial charge in [-0.1, -0.05) is 35.0 Å². The smallest absolute Gasteiger partial charge is 0.237 e. The van der Waals surface area contributed by atoms with Crippen LogP contribution in [0.4, 0.5) is 5.69 Å². The maximum Gasteiger partial charge on any atom is 0.237 e. The zero-order valence-electron chi connectivity index (χ0n) is 9.85. The van der Waals surface area contributed by atoms with Gasteiger partial charge in [0.2, 0.25) is 5.91 Å². The van der Waals surface area contributed by atoms with Gasteiger partial charge in [0.15, 0.2) is 5.16 Å². The normalized spacial score (nSPS) is 12.2. The number of halogens is 2. The van der Waals surface area contributed by atoms with Crippen LogP contribution < -0.4 is 5.32 Å². The molecule has 1 atom stereocenters. The Balaban J connectivity index is 2.00. The molecule has 0 radical (unpaired) electrons. The van der Waals surface area contributed by atoms with E-state index in [1.807, 2.05) is 0 Å². The van der Waals surface area contributed by atoms with Crippen molar-refractivity contribution in [2.75, 3.05) is 5.32 Å². The number of carbonyl (C=O) groups is 1. The summed E-state index contributed by atoms with van der Waals surface area (Å²) in [5.41, 5.74) is 0.563. The van der Waals surface area contributed by atoms with E-state index in [0.29, 0.717) is 20.9 Å². The molecule has 2 N–H and O–H groups in total. The number of hydrogen-bond donors (Lipinski definition) is 2. The van der Waals surface area contributed by atoms with Gasteiger partial charge in [-0.15, -0.1) is 0 Å². The molecule has 1 aromatic carbocycles. The van der Waals surface area contributed by atoms with Crippen molar-refractivity contribution in [1.82, 2.24) is 15.2 Å². The van der Waals surface area contributed by atoms with E-state index in [0.717, 1.165) is 0 Å². The SMILES string of the molecule is C[C@H](Sc1ncn[nH]1)C(=O)Nc1cc(Cl)cc(Cl)c1. The molecule has 5 nitrogen and oxygen atoms in total. The van der Waals surface area contributed by atoms with E-state index in [9.17, 15) is 4.79 Å². The first-order valence-corrected chi connectivity index (χ1v) is 6.97. The van der Waals surface area contributed by atoms with Crippen molar-refractivity contribution in [3.05, 3.63) is 34.6 Å². The highest BCUT2D eigenvalue weighted by atomic mass is 35.5. The monoisotopic (exact) mass is 316 g/mol. The van der Waals surface area contributed by atoms with Crippen molar-refractivity contribution in [1.29, 1.82) is 0 Å². The van der Waals surface area contributed by atoms with Gasteiger partial charge < -0.3 is 5.32 Å². The van der Waals surface area contributed by atoms with Crippen LogP contribution in [0.2, 0.25) is 10.0 Å². The average Bonchev–Trinajstić information content (AvgIpc) is 2.80. The Labute approximate surface area is 124 Å². The van der Waals surface area contributed by atoms with Crippen LogP contribution in [0, 0.1) is 0 Å². The van der Waals surface area contributed by atoms with Crippen molar-refractivity contribution in [3.8, 4) is 0 Å². The minimum absolute atomic E-state index is 0.167. The lowest BCUT2D eigenvalue weighted by Crippen LogP contribution is -2.22. The molecule has 8 heteroatoms. The third-order valence-corrected chi connectivity index (χ3v) is 3.60. The van der Waals surface area contributed by atoms with Gasteiger partial charge in [0.05, 0.1) is 5.25 Å². The van der Waals surface area contributed by atoms with E-state index in [4.69, 9.17) is 23.2 Å². The van der Waals surface area contributed by atoms with Crippen LogP contribution in [0.3, 0.4) is 0 Å². The second-order valence-electron chi connectivity index (χ2n) is 3.70. The summed E-state index contributed by atoms with van der Waals surface area (Å²) in [6.45, 7) is 1.77. The van der Waals surface area contributed by atoms with Crippen molar-refractivity contribution in [2.45, 2.75) is 17.3 Å². The van der Waals surface area contributed by atoms with Gasteiger partial charge in [-0.2, -0.15) is 5.10 Å². The summed E-state index contributed by atoms with van der Waals surface area (Å²) >= 11 is 13.0. The van der Waals surface area contributed by atoms with Crippen LogP contribution in [0.15, 0.2) is 29.7 Å². The molecule has 0 spiro atoms. The third kappa shape index (κ3) is 4.12. The topological polar surface area (TPSA) is 70.7 Å².